The highest BCUT2D eigenvalue weighted by Gasteiger charge is 2.41. The van der Waals surface area contributed by atoms with Crippen LogP contribution in [0.3, 0.4) is 0 Å². The Kier molecular flexibility index (Phi) is 7.72. The molecule has 1 saturated heterocycles. The predicted molar refractivity (Wildman–Crippen MR) is 149 cm³/mol. The van der Waals surface area contributed by atoms with E-state index in [-0.39, 0.29) is 5.02 Å². The first-order valence-corrected chi connectivity index (χ1v) is 13.1. The van der Waals surface area contributed by atoms with Gasteiger partial charge in [0, 0.05) is 18.8 Å². The molecule has 1 aliphatic rings. The summed E-state index contributed by atoms with van der Waals surface area (Å²) >= 11 is 6.32. The fourth-order valence-electron chi connectivity index (χ4n) is 4.89. The number of rotatable bonds is 7. The number of aliphatic carboxylic acids is 1. The summed E-state index contributed by atoms with van der Waals surface area (Å²) in [5.41, 5.74) is 3.70. The Morgan fingerprint density at radius 3 is 2.13 bits per heavy atom. The first-order chi connectivity index (χ1) is 18.9. The highest BCUT2D eigenvalue weighted by Crippen LogP contribution is 2.39. The van der Waals surface area contributed by atoms with Gasteiger partial charge in [0.2, 0.25) is 0 Å². The standard InChI is InChI=1S/C31H28ClNO6/c1-20(21-5-3-2-4-6-21)39-30(36)33-27-26(32)19-38-28(27)24-9-7-22(8-10-24)23-11-13-25(14-12-23)31(29(34)35)15-17-37-18-16-31/h2-14,19-20H,15-18H2,1H3,(H,33,36)(H,34,35)/t20-/m1/s1. The molecule has 39 heavy (non-hydrogen) atoms. The summed E-state index contributed by atoms with van der Waals surface area (Å²) in [7, 11) is 0. The zero-order valence-corrected chi connectivity index (χ0v) is 22.1. The van der Waals surface area contributed by atoms with E-state index in [9.17, 15) is 14.7 Å². The van der Waals surface area contributed by atoms with Gasteiger partial charge in [0.05, 0.1) is 5.41 Å². The molecule has 0 saturated carbocycles. The third-order valence-corrected chi connectivity index (χ3v) is 7.48. The van der Waals surface area contributed by atoms with Gasteiger partial charge < -0.3 is 19.0 Å². The van der Waals surface area contributed by atoms with E-state index in [4.69, 9.17) is 25.5 Å². The second-order valence-corrected chi connectivity index (χ2v) is 9.93. The lowest BCUT2D eigenvalue weighted by Gasteiger charge is -2.33. The maximum atomic E-state index is 12.6. The summed E-state index contributed by atoms with van der Waals surface area (Å²) in [4.78, 5) is 24.7. The first kappa shape index (κ1) is 26.5. The van der Waals surface area contributed by atoms with E-state index < -0.39 is 23.6 Å². The fraction of sp³-hybridized carbons (Fsp3) is 0.226. The van der Waals surface area contributed by atoms with Crippen molar-refractivity contribution in [3.8, 4) is 22.5 Å². The van der Waals surface area contributed by atoms with Crippen LogP contribution in [0.15, 0.2) is 89.5 Å². The van der Waals surface area contributed by atoms with E-state index in [0.717, 1.165) is 27.8 Å². The van der Waals surface area contributed by atoms with Crippen LogP contribution in [-0.2, 0) is 19.7 Å². The molecule has 0 aliphatic carbocycles. The van der Waals surface area contributed by atoms with Crippen molar-refractivity contribution in [3.63, 3.8) is 0 Å². The Morgan fingerprint density at radius 2 is 1.51 bits per heavy atom. The van der Waals surface area contributed by atoms with Gasteiger partial charge in [-0.05, 0) is 42.0 Å². The van der Waals surface area contributed by atoms with Crippen LogP contribution in [0.1, 0.15) is 37.0 Å². The third kappa shape index (κ3) is 5.55. The fourth-order valence-corrected chi connectivity index (χ4v) is 5.07. The first-order valence-electron chi connectivity index (χ1n) is 12.7. The van der Waals surface area contributed by atoms with Gasteiger partial charge >= 0.3 is 12.1 Å². The van der Waals surface area contributed by atoms with Gasteiger partial charge in [0.15, 0.2) is 5.76 Å². The molecule has 1 amide bonds. The number of benzene rings is 3. The minimum absolute atomic E-state index is 0.259. The van der Waals surface area contributed by atoms with Crippen molar-refractivity contribution in [1.82, 2.24) is 0 Å². The van der Waals surface area contributed by atoms with Crippen LogP contribution in [0.5, 0.6) is 0 Å². The molecule has 5 rings (SSSR count). The third-order valence-electron chi connectivity index (χ3n) is 7.20. The molecule has 0 unspecified atom stereocenters. The van der Waals surface area contributed by atoms with Gasteiger partial charge in [-0.1, -0.05) is 90.5 Å². The number of hydrogen-bond donors (Lipinski definition) is 2. The molecule has 1 aliphatic heterocycles. The van der Waals surface area contributed by atoms with Crippen molar-refractivity contribution in [2.24, 2.45) is 0 Å². The van der Waals surface area contributed by atoms with Crippen LogP contribution >= 0.6 is 11.6 Å². The number of furan rings is 1. The van der Waals surface area contributed by atoms with Gasteiger partial charge in [0.1, 0.15) is 23.1 Å². The number of carbonyl (C=O) groups excluding carboxylic acids is 1. The van der Waals surface area contributed by atoms with Crippen LogP contribution in [0, 0.1) is 0 Å². The SMILES string of the molecule is C[C@@H](OC(=O)Nc1c(Cl)coc1-c1ccc(-c2ccc(C3(C(=O)O)CCOCC3)cc2)cc1)c1ccccc1. The minimum atomic E-state index is -0.914. The minimum Gasteiger partial charge on any atom is -0.481 e. The molecule has 4 aromatic rings. The quantitative estimate of drug-likeness (QED) is 0.247. The second kappa shape index (κ2) is 11.4. The monoisotopic (exact) mass is 545 g/mol. The number of anilines is 1. The molecule has 0 bridgehead atoms. The number of halogens is 1. The molecule has 1 aromatic heterocycles. The van der Waals surface area contributed by atoms with E-state index in [1.807, 2.05) is 78.9 Å². The lowest BCUT2D eigenvalue weighted by atomic mass is 9.74. The zero-order valence-electron chi connectivity index (χ0n) is 21.4. The Morgan fingerprint density at radius 1 is 0.923 bits per heavy atom. The molecule has 0 radical (unpaired) electrons. The van der Waals surface area contributed by atoms with Crippen LogP contribution in [0.4, 0.5) is 10.5 Å². The lowest BCUT2D eigenvalue weighted by molar-refractivity contribution is -0.147. The van der Waals surface area contributed by atoms with Crippen LogP contribution in [-0.4, -0.2) is 30.4 Å². The Bertz CT molecular complexity index is 1440. The number of hydrogen-bond acceptors (Lipinski definition) is 5. The molecule has 2 N–H and O–H groups in total. The molecular formula is C31H28ClNO6. The number of carbonyl (C=O) groups is 2. The highest BCUT2D eigenvalue weighted by molar-refractivity contribution is 6.34. The summed E-state index contributed by atoms with van der Waals surface area (Å²) in [5, 5.41) is 12.9. The van der Waals surface area contributed by atoms with Gasteiger partial charge in [-0.2, -0.15) is 0 Å². The average Bonchev–Trinajstić information content (AvgIpc) is 3.33. The molecule has 0 spiro atoms. The van der Waals surface area contributed by atoms with Gasteiger partial charge in [-0.3, -0.25) is 10.1 Å². The normalized spacial score (nSPS) is 15.3. The summed E-state index contributed by atoms with van der Waals surface area (Å²) < 4.78 is 16.6. The molecule has 1 atom stereocenters. The van der Waals surface area contributed by atoms with Crippen molar-refractivity contribution >= 4 is 29.4 Å². The molecule has 1 fully saturated rings. The largest absolute Gasteiger partial charge is 0.481 e. The van der Waals surface area contributed by atoms with Crippen molar-refractivity contribution in [1.29, 1.82) is 0 Å². The summed E-state index contributed by atoms with van der Waals surface area (Å²) in [6.07, 6.45) is 1.20. The summed E-state index contributed by atoms with van der Waals surface area (Å²) in [6.45, 7) is 2.67. The van der Waals surface area contributed by atoms with E-state index in [0.29, 0.717) is 37.5 Å². The summed E-state index contributed by atoms with van der Waals surface area (Å²) in [6, 6.07) is 24.7. The topological polar surface area (TPSA) is 98.0 Å². The number of amides is 1. The van der Waals surface area contributed by atoms with Crippen LogP contribution in [0.25, 0.3) is 22.5 Å². The van der Waals surface area contributed by atoms with E-state index in [1.165, 1.54) is 6.26 Å². The maximum Gasteiger partial charge on any atom is 0.412 e. The van der Waals surface area contributed by atoms with E-state index in [1.54, 1.807) is 6.92 Å². The van der Waals surface area contributed by atoms with Gasteiger partial charge in [-0.25, -0.2) is 4.79 Å². The number of carboxylic acids is 1. The molecule has 2 heterocycles. The lowest BCUT2D eigenvalue weighted by Crippen LogP contribution is -2.41. The number of ether oxygens (including phenoxy) is 2. The second-order valence-electron chi connectivity index (χ2n) is 9.53. The Balaban J connectivity index is 1.31. The Labute approximate surface area is 231 Å². The van der Waals surface area contributed by atoms with Crippen molar-refractivity contribution < 1.29 is 28.6 Å². The molecule has 8 heteroatoms. The molecular weight excluding hydrogens is 518 g/mol. The molecule has 3 aromatic carbocycles. The number of nitrogens with one attached hydrogen (secondary N) is 1. The maximum absolute atomic E-state index is 12.6. The smallest absolute Gasteiger partial charge is 0.412 e. The molecule has 7 nitrogen and oxygen atoms in total. The number of carboxylic acid groups (broad SMARTS) is 1. The van der Waals surface area contributed by atoms with Crippen molar-refractivity contribution in [2.45, 2.75) is 31.3 Å². The van der Waals surface area contributed by atoms with Gasteiger partial charge in [-0.15, -0.1) is 0 Å². The van der Waals surface area contributed by atoms with Crippen molar-refractivity contribution in [3.05, 3.63) is 101 Å². The van der Waals surface area contributed by atoms with E-state index >= 15 is 0 Å². The Hall–Kier alpha value is -4.07. The van der Waals surface area contributed by atoms with E-state index in [2.05, 4.69) is 5.32 Å². The van der Waals surface area contributed by atoms with Crippen LogP contribution < -0.4 is 5.32 Å². The van der Waals surface area contributed by atoms with Crippen molar-refractivity contribution in [2.75, 3.05) is 18.5 Å². The summed E-state index contributed by atoms with van der Waals surface area (Å²) in [5.74, 6) is -0.406. The van der Waals surface area contributed by atoms with Gasteiger partial charge in [0.25, 0.3) is 0 Å². The molecule has 200 valence electrons. The average molecular weight is 546 g/mol. The zero-order chi connectivity index (χ0) is 27.4. The predicted octanol–water partition coefficient (Wildman–Crippen LogP) is 7.71. The highest BCUT2D eigenvalue weighted by atomic mass is 35.5. The van der Waals surface area contributed by atoms with Crippen LogP contribution in [0.2, 0.25) is 5.02 Å².